The normalized spacial score (nSPS) is 16.7. The minimum absolute atomic E-state index is 0.404. The smallest absolute Gasteiger partial charge is 0.369 e. The van der Waals surface area contributed by atoms with Gasteiger partial charge in [0.05, 0.1) is 0 Å². The minimum atomic E-state index is -4.58. The molecule has 0 aliphatic rings. The fraction of sp³-hybridized carbons (Fsp3) is 0.933. The van der Waals surface area contributed by atoms with Crippen molar-refractivity contribution in [1.29, 1.82) is 0 Å². The van der Waals surface area contributed by atoms with Crippen molar-refractivity contribution in [3.63, 3.8) is 0 Å². The lowest BCUT2D eigenvalue weighted by Crippen LogP contribution is -2.51. The van der Waals surface area contributed by atoms with Gasteiger partial charge >= 0.3 is 6.18 Å². The van der Waals surface area contributed by atoms with Crippen LogP contribution in [-0.2, 0) is 4.79 Å². The highest BCUT2D eigenvalue weighted by molar-refractivity contribution is 5.81. The molecule has 0 radical (unpaired) electrons. The van der Waals surface area contributed by atoms with Crippen molar-refractivity contribution in [1.82, 2.24) is 0 Å². The van der Waals surface area contributed by atoms with Crippen LogP contribution >= 0.6 is 0 Å². The van der Waals surface area contributed by atoms with Gasteiger partial charge in [-0.3, -0.25) is 4.79 Å². The fourth-order valence-electron chi connectivity index (χ4n) is 2.56. The Morgan fingerprint density at radius 1 is 1.00 bits per heavy atom. The van der Waals surface area contributed by atoms with E-state index >= 15 is 0 Å². The van der Waals surface area contributed by atoms with E-state index in [0.717, 1.165) is 39.0 Å². The topological polar surface area (TPSA) is 43.1 Å². The molecule has 120 valence electrons. The highest BCUT2D eigenvalue weighted by Gasteiger charge is 2.59. The number of carbonyl (C=O) groups excluding carboxylic acids is 1. The van der Waals surface area contributed by atoms with E-state index in [1.54, 1.807) is 0 Å². The minimum Gasteiger partial charge on any atom is -0.369 e. The van der Waals surface area contributed by atoms with Crippen molar-refractivity contribution in [3.8, 4) is 0 Å². The lowest BCUT2D eigenvalue weighted by molar-refractivity contribution is -0.231. The summed E-state index contributed by atoms with van der Waals surface area (Å²) in [4.78, 5) is 11.5. The predicted octanol–water partition coefficient (Wildman–Crippen LogP) is 4.82. The number of primary amides is 1. The Bertz CT molecular complexity index is 291. The molecule has 0 fully saturated rings. The maximum atomic E-state index is 13.3. The van der Waals surface area contributed by atoms with Gasteiger partial charge in [0.1, 0.15) is 5.41 Å². The van der Waals surface area contributed by atoms with Gasteiger partial charge in [0.2, 0.25) is 5.91 Å². The van der Waals surface area contributed by atoms with Crippen LogP contribution in [0.3, 0.4) is 0 Å². The van der Waals surface area contributed by atoms with E-state index in [4.69, 9.17) is 5.73 Å². The maximum absolute atomic E-state index is 13.3. The van der Waals surface area contributed by atoms with Crippen LogP contribution in [0.1, 0.15) is 72.1 Å². The van der Waals surface area contributed by atoms with Crippen LogP contribution in [0.25, 0.3) is 0 Å². The molecular weight excluding hydrogens is 267 g/mol. The average Bonchev–Trinajstić information content (AvgIpc) is 2.35. The standard InChI is InChI=1S/C15H28F3NO/c1-4-6-8-9-11-12(10-7-5-2)14(3,13(19)20)15(16,17)18/h12H,4-11H2,1-3H3,(H2,19,20)/t12?,14-/m0/s1. The Hall–Kier alpha value is -0.740. The SMILES string of the molecule is CCCCCCC(CCCC)[C@@](C)(C(N)=O)C(F)(F)F. The molecule has 0 saturated heterocycles. The summed E-state index contributed by atoms with van der Waals surface area (Å²) in [6.45, 7) is 4.95. The number of hydrogen-bond donors (Lipinski definition) is 1. The Kier molecular flexibility index (Phi) is 8.21. The van der Waals surface area contributed by atoms with E-state index in [-0.39, 0.29) is 0 Å². The van der Waals surface area contributed by atoms with Gasteiger partial charge in [-0.25, -0.2) is 0 Å². The lowest BCUT2D eigenvalue weighted by atomic mass is 9.71. The molecule has 0 aromatic rings. The summed E-state index contributed by atoms with van der Waals surface area (Å²) in [5.41, 5.74) is 2.69. The molecule has 2 atom stereocenters. The van der Waals surface area contributed by atoms with Gasteiger partial charge in [-0.2, -0.15) is 13.2 Å². The summed E-state index contributed by atoms with van der Waals surface area (Å²) in [6.07, 6.45) is 1.43. The van der Waals surface area contributed by atoms with Crippen LogP contribution in [0.2, 0.25) is 0 Å². The molecule has 0 aromatic heterocycles. The molecule has 0 bridgehead atoms. The van der Waals surface area contributed by atoms with Crippen LogP contribution in [0.4, 0.5) is 13.2 Å². The van der Waals surface area contributed by atoms with Crippen LogP contribution in [0.15, 0.2) is 0 Å². The number of nitrogens with two attached hydrogens (primary N) is 1. The summed E-state index contributed by atoms with van der Waals surface area (Å²) >= 11 is 0. The van der Waals surface area contributed by atoms with Crippen LogP contribution < -0.4 is 5.73 Å². The molecule has 1 unspecified atom stereocenters. The quantitative estimate of drug-likeness (QED) is 0.577. The van der Waals surface area contributed by atoms with E-state index in [9.17, 15) is 18.0 Å². The first-order chi connectivity index (χ1) is 9.21. The Labute approximate surface area is 120 Å². The molecule has 0 aromatic carbocycles. The lowest BCUT2D eigenvalue weighted by Gasteiger charge is -2.36. The first-order valence-electron chi connectivity index (χ1n) is 7.58. The van der Waals surface area contributed by atoms with Gasteiger partial charge in [-0.15, -0.1) is 0 Å². The number of halogens is 3. The summed E-state index contributed by atoms with van der Waals surface area (Å²) < 4.78 is 39.9. The Morgan fingerprint density at radius 2 is 1.50 bits per heavy atom. The van der Waals surface area contributed by atoms with E-state index in [1.807, 2.05) is 6.92 Å². The van der Waals surface area contributed by atoms with Crippen molar-refractivity contribution in [2.45, 2.75) is 78.3 Å². The molecule has 2 nitrogen and oxygen atoms in total. The monoisotopic (exact) mass is 295 g/mol. The first kappa shape index (κ1) is 19.3. The number of hydrogen-bond acceptors (Lipinski definition) is 1. The number of unbranched alkanes of at least 4 members (excludes halogenated alkanes) is 4. The van der Waals surface area contributed by atoms with Crippen molar-refractivity contribution in [2.24, 2.45) is 17.1 Å². The number of rotatable bonds is 10. The molecular formula is C15H28F3NO. The van der Waals surface area contributed by atoms with Crippen LogP contribution in [0.5, 0.6) is 0 Å². The molecule has 1 amide bonds. The third-order valence-corrected chi connectivity index (χ3v) is 4.23. The summed E-state index contributed by atoms with van der Waals surface area (Å²) in [5.74, 6) is -1.96. The van der Waals surface area contributed by atoms with Crippen LogP contribution in [0, 0.1) is 11.3 Å². The van der Waals surface area contributed by atoms with Crippen molar-refractivity contribution in [3.05, 3.63) is 0 Å². The Balaban J connectivity index is 4.98. The molecule has 0 rings (SSSR count). The van der Waals surface area contributed by atoms with Gasteiger partial charge in [0, 0.05) is 0 Å². The average molecular weight is 295 g/mol. The highest BCUT2D eigenvalue weighted by Crippen LogP contribution is 2.47. The molecule has 20 heavy (non-hydrogen) atoms. The third kappa shape index (κ3) is 4.98. The largest absolute Gasteiger partial charge is 0.403 e. The molecule has 0 aliphatic heterocycles. The molecule has 0 heterocycles. The number of alkyl halides is 3. The second-order valence-corrected chi connectivity index (χ2v) is 5.75. The van der Waals surface area contributed by atoms with Crippen molar-refractivity contribution < 1.29 is 18.0 Å². The third-order valence-electron chi connectivity index (χ3n) is 4.23. The molecule has 0 aliphatic carbocycles. The second kappa shape index (κ2) is 8.53. The zero-order valence-corrected chi connectivity index (χ0v) is 12.9. The van der Waals surface area contributed by atoms with Gasteiger partial charge in [-0.1, -0.05) is 52.4 Å². The zero-order valence-electron chi connectivity index (χ0n) is 12.9. The van der Waals surface area contributed by atoms with E-state index < -0.39 is 23.4 Å². The molecule has 5 heteroatoms. The predicted molar refractivity (Wildman–Crippen MR) is 75.1 cm³/mol. The number of carbonyl (C=O) groups is 1. The van der Waals surface area contributed by atoms with Crippen molar-refractivity contribution in [2.75, 3.05) is 0 Å². The fourth-order valence-corrected chi connectivity index (χ4v) is 2.56. The summed E-state index contributed by atoms with van der Waals surface area (Å²) in [7, 11) is 0. The second-order valence-electron chi connectivity index (χ2n) is 5.75. The van der Waals surface area contributed by atoms with E-state index in [2.05, 4.69) is 6.92 Å². The molecule has 0 spiro atoms. The first-order valence-corrected chi connectivity index (χ1v) is 7.58. The van der Waals surface area contributed by atoms with Crippen LogP contribution in [-0.4, -0.2) is 12.1 Å². The zero-order chi connectivity index (χ0) is 15.8. The molecule has 0 saturated carbocycles. The number of amides is 1. The Morgan fingerprint density at radius 3 is 1.90 bits per heavy atom. The highest BCUT2D eigenvalue weighted by atomic mass is 19.4. The maximum Gasteiger partial charge on any atom is 0.403 e. The van der Waals surface area contributed by atoms with Gasteiger partial charge in [-0.05, 0) is 25.7 Å². The van der Waals surface area contributed by atoms with Gasteiger partial charge in [0.15, 0.2) is 0 Å². The van der Waals surface area contributed by atoms with E-state index in [1.165, 1.54) is 0 Å². The van der Waals surface area contributed by atoms with Crippen molar-refractivity contribution >= 4 is 5.91 Å². The van der Waals surface area contributed by atoms with Gasteiger partial charge in [0.25, 0.3) is 0 Å². The van der Waals surface area contributed by atoms with Gasteiger partial charge < -0.3 is 5.73 Å². The summed E-state index contributed by atoms with van der Waals surface area (Å²) in [5, 5.41) is 0. The van der Waals surface area contributed by atoms with E-state index in [0.29, 0.717) is 19.3 Å². The molecule has 2 N–H and O–H groups in total. The summed E-state index contributed by atoms with van der Waals surface area (Å²) in [6, 6.07) is 0.